The maximum Gasteiger partial charge on any atom is 0.239 e. The molecule has 1 amide bonds. The largest absolute Gasteiger partial charge is 0.352 e. The Morgan fingerprint density at radius 1 is 1.38 bits per heavy atom. The highest BCUT2D eigenvalue weighted by Gasteiger charge is 2.28. The van der Waals surface area contributed by atoms with Crippen LogP contribution in [0.3, 0.4) is 0 Å². The van der Waals surface area contributed by atoms with Crippen LogP contribution in [0.4, 0.5) is 5.13 Å². The summed E-state index contributed by atoms with van der Waals surface area (Å²) in [4.78, 5) is 16.2. The van der Waals surface area contributed by atoms with Crippen molar-refractivity contribution in [3.63, 3.8) is 0 Å². The van der Waals surface area contributed by atoms with Crippen LogP contribution >= 0.6 is 11.3 Å². The van der Waals surface area contributed by atoms with Crippen molar-refractivity contribution in [2.75, 3.05) is 23.4 Å². The molecule has 2 aromatic rings. The lowest BCUT2D eigenvalue weighted by Gasteiger charge is -2.10. The van der Waals surface area contributed by atoms with E-state index in [-0.39, 0.29) is 30.0 Å². The topological polar surface area (TPSA) is 88.2 Å². The van der Waals surface area contributed by atoms with E-state index >= 15 is 0 Å². The van der Waals surface area contributed by atoms with Crippen LogP contribution in [0.2, 0.25) is 0 Å². The van der Waals surface area contributed by atoms with E-state index in [4.69, 9.17) is 0 Å². The Morgan fingerprint density at radius 3 is 2.90 bits per heavy atom. The van der Waals surface area contributed by atoms with Gasteiger partial charge in [0, 0.05) is 6.04 Å². The minimum absolute atomic E-state index is 0.0415. The predicted octanol–water partition coefficient (Wildman–Crippen LogP) is 1.01. The maximum atomic E-state index is 11.8. The van der Waals surface area contributed by atoms with Crippen molar-refractivity contribution >= 4 is 42.4 Å². The fraction of sp³-hybridized carbons (Fsp3) is 0.385. The number of para-hydroxylation sites is 1. The van der Waals surface area contributed by atoms with Gasteiger partial charge in [-0.3, -0.25) is 4.79 Å². The number of nitrogens with one attached hydrogen (secondary N) is 2. The number of anilines is 1. The molecule has 1 aliphatic heterocycles. The smallest absolute Gasteiger partial charge is 0.239 e. The molecular weight excluding hydrogens is 310 g/mol. The van der Waals surface area contributed by atoms with Crippen LogP contribution < -0.4 is 10.6 Å². The van der Waals surface area contributed by atoms with Crippen LogP contribution in [-0.4, -0.2) is 43.4 Å². The van der Waals surface area contributed by atoms with Crippen LogP contribution in [0, 0.1) is 0 Å². The van der Waals surface area contributed by atoms with Gasteiger partial charge in [-0.2, -0.15) is 0 Å². The number of hydrogen-bond donors (Lipinski definition) is 2. The summed E-state index contributed by atoms with van der Waals surface area (Å²) in [5, 5.41) is 6.39. The maximum absolute atomic E-state index is 11.8. The molecule has 6 nitrogen and oxygen atoms in total. The van der Waals surface area contributed by atoms with Gasteiger partial charge in [0.1, 0.15) is 0 Å². The van der Waals surface area contributed by atoms with E-state index in [0.29, 0.717) is 11.6 Å². The Bertz CT molecular complexity index is 737. The van der Waals surface area contributed by atoms with E-state index in [9.17, 15) is 13.2 Å². The minimum atomic E-state index is -2.97. The number of sulfone groups is 1. The number of amides is 1. The number of nitrogens with zero attached hydrogens (tertiary/aromatic N) is 1. The Balaban J connectivity index is 1.54. The second kappa shape index (κ2) is 5.61. The van der Waals surface area contributed by atoms with Gasteiger partial charge in [-0.15, -0.1) is 0 Å². The lowest BCUT2D eigenvalue weighted by atomic mass is 10.2. The van der Waals surface area contributed by atoms with E-state index in [1.807, 2.05) is 24.3 Å². The number of thiazole rings is 1. The van der Waals surface area contributed by atoms with E-state index in [2.05, 4.69) is 15.6 Å². The van der Waals surface area contributed by atoms with Crippen molar-refractivity contribution < 1.29 is 13.2 Å². The Morgan fingerprint density at radius 2 is 2.19 bits per heavy atom. The van der Waals surface area contributed by atoms with Gasteiger partial charge in [0.25, 0.3) is 0 Å². The zero-order chi connectivity index (χ0) is 14.9. The van der Waals surface area contributed by atoms with E-state index in [1.165, 1.54) is 11.3 Å². The summed E-state index contributed by atoms with van der Waals surface area (Å²) < 4.78 is 23.7. The molecule has 0 aliphatic carbocycles. The molecule has 2 N–H and O–H groups in total. The van der Waals surface area contributed by atoms with Gasteiger partial charge in [-0.25, -0.2) is 13.4 Å². The van der Waals surface area contributed by atoms with E-state index < -0.39 is 9.84 Å². The number of hydrogen-bond acceptors (Lipinski definition) is 6. The summed E-state index contributed by atoms with van der Waals surface area (Å²) >= 11 is 1.48. The van der Waals surface area contributed by atoms with Crippen LogP contribution in [0.15, 0.2) is 24.3 Å². The third-order valence-electron chi connectivity index (χ3n) is 3.29. The highest BCUT2D eigenvalue weighted by atomic mass is 32.2. The van der Waals surface area contributed by atoms with Gasteiger partial charge >= 0.3 is 0 Å². The molecule has 0 spiro atoms. The molecule has 1 atom stereocenters. The average molecular weight is 325 g/mol. The van der Waals surface area contributed by atoms with Crippen molar-refractivity contribution in [1.29, 1.82) is 0 Å². The summed E-state index contributed by atoms with van der Waals surface area (Å²) in [6, 6.07) is 7.48. The van der Waals surface area contributed by atoms with Crippen LogP contribution in [0.25, 0.3) is 10.2 Å². The first-order valence-corrected chi connectivity index (χ1v) is 9.25. The Labute approximate surface area is 126 Å². The molecule has 0 bridgehead atoms. The van der Waals surface area contributed by atoms with Gasteiger partial charge in [-0.05, 0) is 18.6 Å². The summed E-state index contributed by atoms with van der Waals surface area (Å²) in [6.07, 6.45) is 0.495. The number of carbonyl (C=O) groups is 1. The number of benzene rings is 1. The molecule has 1 aliphatic rings. The molecule has 3 rings (SSSR count). The quantitative estimate of drug-likeness (QED) is 0.876. The van der Waals surface area contributed by atoms with Crippen LogP contribution in [0.5, 0.6) is 0 Å². The SMILES string of the molecule is O=C(CNc1nc2ccccc2s1)NC1CCS(=O)(=O)C1. The second-order valence-corrected chi connectivity index (χ2v) is 8.27. The number of rotatable bonds is 4. The summed E-state index contributed by atoms with van der Waals surface area (Å²) in [7, 11) is -2.97. The molecule has 112 valence electrons. The van der Waals surface area contributed by atoms with Crippen molar-refractivity contribution in [1.82, 2.24) is 10.3 Å². The van der Waals surface area contributed by atoms with Crippen molar-refractivity contribution in [3.8, 4) is 0 Å². The zero-order valence-electron chi connectivity index (χ0n) is 11.2. The number of aromatic nitrogens is 1. The predicted molar refractivity (Wildman–Crippen MR) is 83.3 cm³/mol. The van der Waals surface area contributed by atoms with Gasteiger partial charge in [0.2, 0.25) is 5.91 Å². The summed E-state index contributed by atoms with van der Waals surface area (Å²) in [5.74, 6) is -0.0142. The molecule has 1 fully saturated rings. The molecule has 1 aromatic heterocycles. The van der Waals surface area contributed by atoms with Crippen LogP contribution in [0.1, 0.15) is 6.42 Å². The standard InChI is InChI=1S/C13H15N3O3S2/c17-12(15-9-5-6-21(18,19)8-9)7-14-13-16-10-3-1-2-4-11(10)20-13/h1-4,9H,5-8H2,(H,14,16)(H,15,17). The normalized spacial score (nSPS) is 20.5. The fourth-order valence-corrected chi connectivity index (χ4v) is 4.83. The minimum Gasteiger partial charge on any atom is -0.352 e. The second-order valence-electron chi connectivity index (χ2n) is 5.01. The zero-order valence-corrected chi connectivity index (χ0v) is 12.8. The van der Waals surface area contributed by atoms with E-state index in [1.54, 1.807) is 0 Å². The fourth-order valence-electron chi connectivity index (χ4n) is 2.29. The highest BCUT2D eigenvalue weighted by Crippen LogP contribution is 2.25. The average Bonchev–Trinajstić information content (AvgIpc) is 2.99. The van der Waals surface area contributed by atoms with Gasteiger partial charge < -0.3 is 10.6 Å². The lowest BCUT2D eigenvalue weighted by Crippen LogP contribution is -2.39. The molecule has 21 heavy (non-hydrogen) atoms. The third-order valence-corrected chi connectivity index (χ3v) is 6.05. The van der Waals surface area contributed by atoms with Crippen LogP contribution in [-0.2, 0) is 14.6 Å². The summed E-state index contributed by atoms with van der Waals surface area (Å²) in [5.41, 5.74) is 0.896. The first-order valence-electron chi connectivity index (χ1n) is 6.61. The summed E-state index contributed by atoms with van der Waals surface area (Å²) in [6.45, 7) is 0.0936. The van der Waals surface area contributed by atoms with E-state index in [0.717, 1.165) is 10.2 Å². The molecule has 2 heterocycles. The first kappa shape index (κ1) is 14.3. The van der Waals surface area contributed by atoms with Crippen molar-refractivity contribution in [3.05, 3.63) is 24.3 Å². The monoisotopic (exact) mass is 325 g/mol. The van der Waals surface area contributed by atoms with Crippen molar-refractivity contribution in [2.45, 2.75) is 12.5 Å². The highest BCUT2D eigenvalue weighted by molar-refractivity contribution is 7.91. The molecule has 0 radical (unpaired) electrons. The third kappa shape index (κ3) is 3.51. The molecular formula is C13H15N3O3S2. The lowest BCUT2D eigenvalue weighted by molar-refractivity contribution is -0.119. The molecule has 1 aromatic carbocycles. The number of carbonyl (C=O) groups excluding carboxylic acids is 1. The molecule has 1 unspecified atom stereocenters. The van der Waals surface area contributed by atoms with Crippen molar-refractivity contribution in [2.24, 2.45) is 0 Å². The molecule has 0 saturated carbocycles. The Kier molecular flexibility index (Phi) is 3.81. The van der Waals surface area contributed by atoms with Gasteiger partial charge in [-0.1, -0.05) is 23.5 Å². The molecule has 1 saturated heterocycles. The first-order chi connectivity index (χ1) is 10.0. The van der Waals surface area contributed by atoms with Gasteiger partial charge in [0.05, 0.1) is 28.3 Å². The number of fused-ring (bicyclic) bond motifs is 1. The van der Waals surface area contributed by atoms with Gasteiger partial charge in [0.15, 0.2) is 15.0 Å². The Hall–Kier alpha value is -1.67. The molecule has 8 heteroatoms.